The fourth-order valence-electron chi connectivity index (χ4n) is 3.41. The van der Waals surface area contributed by atoms with Crippen molar-refractivity contribution in [3.05, 3.63) is 70.8 Å². The first-order valence-electron chi connectivity index (χ1n) is 9.22. The molecule has 1 heterocycles. The van der Waals surface area contributed by atoms with Crippen LogP contribution in [0.1, 0.15) is 42.1 Å². The molecular weight excluding hydrogens is 410 g/mol. The van der Waals surface area contributed by atoms with Crippen molar-refractivity contribution in [3.63, 3.8) is 0 Å². The van der Waals surface area contributed by atoms with Crippen molar-refractivity contribution in [3.8, 4) is 0 Å². The SMILES string of the molecule is CC(C)(NC(=O)N1CCc2ccccc2C1c1ccc(C(F)(F)F)cc1)C(F)(F)F. The topological polar surface area (TPSA) is 32.3 Å². The zero-order chi connectivity index (χ0) is 22.3. The van der Waals surface area contributed by atoms with Crippen LogP contribution in [0.15, 0.2) is 48.5 Å². The molecule has 0 aliphatic carbocycles. The Morgan fingerprint density at radius 1 is 0.967 bits per heavy atom. The average Bonchev–Trinajstić information content (AvgIpc) is 2.65. The first kappa shape index (κ1) is 22.0. The minimum absolute atomic E-state index is 0.127. The highest BCUT2D eigenvalue weighted by Crippen LogP contribution is 2.38. The Kier molecular flexibility index (Phi) is 5.51. The van der Waals surface area contributed by atoms with Crippen LogP contribution in [-0.2, 0) is 12.6 Å². The lowest BCUT2D eigenvalue weighted by atomic mass is 9.88. The second-order valence-electron chi connectivity index (χ2n) is 7.72. The second kappa shape index (κ2) is 7.52. The van der Waals surface area contributed by atoms with Crippen LogP contribution in [0.3, 0.4) is 0 Å². The largest absolute Gasteiger partial charge is 0.416 e. The van der Waals surface area contributed by atoms with Gasteiger partial charge in [-0.1, -0.05) is 36.4 Å². The number of amides is 2. The summed E-state index contributed by atoms with van der Waals surface area (Å²) in [6.07, 6.45) is -8.76. The molecule has 2 aromatic rings. The highest BCUT2D eigenvalue weighted by Gasteiger charge is 2.49. The highest BCUT2D eigenvalue weighted by molar-refractivity contribution is 5.77. The lowest BCUT2D eigenvalue weighted by Gasteiger charge is -2.40. The number of carbonyl (C=O) groups excluding carboxylic acids is 1. The molecule has 0 aromatic heterocycles. The van der Waals surface area contributed by atoms with Crippen molar-refractivity contribution in [2.24, 2.45) is 0 Å². The molecule has 30 heavy (non-hydrogen) atoms. The van der Waals surface area contributed by atoms with E-state index in [4.69, 9.17) is 0 Å². The smallest absolute Gasteiger partial charge is 0.324 e. The Hall–Kier alpha value is -2.71. The van der Waals surface area contributed by atoms with Crippen LogP contribution in [0.25, 0.3) is 0 Å². The summed E-state index contributed by atoms with van der Waals surface area (Å²) in [5, 5.41) is 2.01. The standard InChI is InChI=1S/C21H20F6N2O/c1-19(2,21(25,26)27)28-18(30)29-12-11-13-5-3-4-6-16(13)17(29)14-7-9-15(10-8-14)20(22,23)24/h3-10,17H,11-12H2,1-2H3,(H,28,30). The normalized spacial score (nSPS) is 17.5. The van der Waals surface area contributed by atoms with Crippen LogP contribution >= 0.6 is 0 Å². The van der Waals surface area contributed by atoms with E-state index >= 15 is 0 Å². The predicted octanol–water partition coefficient (Wildman–Crippen LogP) is 5.70. The molecule has 1 atom stereocenters. The van der Waals surface area contributed by atoms with Crippen molar-refractivity contribution < 1.29 is 31.1 Å². The Labute approximate surface area is 169 Å². The third-order valence-corrected chi connectivity index (χ3v) is 5.23. The number of nitrogens with one attached hydrogen (secondary N) is 1. The summed E-state index contributed by atoms with van der Waals surface area (Å²) < 4.78 is 78.5. The van der Waals surface area contributed by atoms with E-state index in [1.165, 1.54) is 17.0 Å². The third kappa shape index (κ3) is 4.24. The van der Waals surface area contributed by atoms with Gasteiger partial charge in [-0.2, -0.15) is 26.3 Å². The maximum atomic E-state index is 13.2. The molecule has 0 fully saturated rings. The molecule has 2 amide bonds. The summed E-state index contributed by atoms with van der Waals surface area (Å²) in [5.41, 5.74) is -1.36. The molecule has 1 aliphatic heterocycles. The molecule has 0 saturated carbocycles. The minimum atomic E-state index is -4.67. The molecule has 9 heteroatoms. The van der Waals surface area contributed by atoms with Gasteiger partial charge >= 0.3 is 18.4 Å². The number of urea groups is 1. The molecule has 1 unspecified atom stereocenters. The molecule has 2 aromatic carbocycles. The maximum absolute atomic E-state index is 13.2. The minimum Gasteiger partial charge on any atom is -0.324 e. The first-order chi connectivity index (χ1) is 13.8. The van der Waals surface area contributed by atoms with Gasteiger partial charge in [0.2, 0.25) is 0 Å². The zero-order valence-corrected chi connectivity index (χ0v) is 16.2. The van der Waals surface area contributed by atoms with E-state index in [-0.39, 0.29) is 6.54 Å². The van der Waals surface area contributed by atoms with E-state index in [0.29, 0.717) is 17.5 Å². The van der Waals surface area contributed by atoms with Crippen LogP contribution in [-0.4, -0.2) is 29.2 Å². The fraction of sp³-hybridized carbons (Fsp3) is 0.381. The van der Waals surface area contributed by atoms with E-state index in [1.54, 1.807) is 18.2 Å². The second-order valence-corrected chi connectivity index (χ2v) is 7.72. The van der Waals surface area contributed by atoms with Gasteiger partial charge in [0.25, 0.3) is 0 Å². The summed E-state index contributed by atoms with van der Waals surface area (Å²) in [5.74, 6) is 0. The van der Waals surface area contributed by atoms with Gasteiger partial charge in [-0.3, -0.25) is 0 Å². The number of rotatable bonds is 2. The van der Waals surface area contributed by atoms with E-state index in [9.17, 15) is 31.1 Å². The number of alkyl halides is 6. The predicted molar refractivity (Wildman–Crippen MR) is 98.8 cm³/mol. The Morgan fingerprint density at radius 3 is 2.13 bits per heavy atom. The van der Waals surface area contributed by atoms with Gasteiger partial charge in [-0.15, -0.1) is 0 Å². The van der Waals surface area contributed by atoms with Crippen molar-refractivity contribution in [1.82, 2.24) is 10.2 Å². The molecule has 0 saturated heterocycles. The van der Waals surface area contributed by atoms with Crippen LogP contribution in [0.2, 0.25) is 0 Å². The monoisotopic (exact) mass is 430 g/mol. The summed E-state index contributed by atoms with van der Waals surface area (Å²) in [6.45, 7) is 1.84. The average molecular weight is 430 g/mol. The molecule has 0 bridgehead atoms. The lowest BCUT2D eigenvalue weighted by molar-refractivity contribution is -0.183. The maximum Gasteiger partial charge on any atom is 0.416 e. The van der Waals surface area contributed by atoms with E-state index in [0.717, 1.165) is 31.5 Å². The van der Waals surface area contributed by atoms with Gasteiger partial charge in [0.05, 0.1) is 11.6 Å². The molecular formula is C21H20F6N2O. The van der Waals surface area contributed by atoms with Crippen LogP contribution in [0.4, 0.5) is 31.1 Å². The van der Waals surface area contributed by atoms with Crippen molar-refractivity contribution in [1.29, 1.82) is 0 Å². The van der Waals surface area contributed by atoms with Gasteiger partial charge in [-0.25, -0.2) is 4.79 Å². The number of carbonyl (C=O) groups is 1. The van der Waals surface area contributed by atoms with E-state index < -0.39 is 35.5 Å². The van der Waals surface area contributed by atoms with Gasteiger partial charge in [0.1, 0.15) is 5.54 Å². The summed E-state index contributed by atoms with van der Waals surface area (Å²) in [6, 6.07) is 9.66. The molecule has 3 rings (SSSR count). The first-order valence-corrected chi connectivity index (χ1v) is 9.22. The van der Waals surface area contributed by atoms with Gasteiger partial charge < -0.3 is 10.2 Å². The molecule has 3 nitrogen and oxygen atoms in total. The Morgan fingerprint density at radius 2 is 1.57 bits per heavy atom. The van der Waals surface area contributed by atoms with Gasteiger partial charge in [-0.05, 0) is 49.1 Å². The molecule has 1 N–H and O–H groups in total. The Balaban J connectivity index is 2.00. The molecule has 0 spiro atoms. The number of nitrogens with zero attached hydrogens (tertiary/aromatic N) is 1. The van der Waals surface area contributed by atoms with Crippen molar-refractivity contribution in [2.75, 3.05) is 6.54 Å². The lowest BCUT2D eigenvalue weighted by Crippen LogP contribution is -2.58. The van der Waals surface area contributed by atoms with Gasteiger partial charge in [0, 0.05) is 6.54 Å². The summed E-state index contributed by atoms with van der Waals surface area (Å²) >= 11 is 0. The zero-order valence-electron chi connectivity index (χ0n) is 16.2. The molecule has 162 valence electrons. The number of hydrogen-bond donors (Lipinski definition) is 1. The van der Waals surface area contributed by atoms with Gasteiger partial charge in [0.15, 0.2) is 0 Å². The number of halogens is 6. The molecule has 1 aliphatic rings. The van der Waals surface area contributed by atoms with E-state index in [1.807, 2.05) is 11.4 Å². The summed E-state index contributed by atoms with van der Waals surface area (Å²) in [4.78, 5) is 14.0. The quantitative estimate of drug-likeness (QED) is 0.609. The Bertz CT molecular complexity index is 918. The highest BCUT2D eigenvalue weighted by atomic mass is 19.4. The van der Waals surface area contributed by atoms with Crippen molar-refractivity contribution in [2.45, 2.75) is 44.2 Å². The number of hydrogen-bond acceptors (Lipinski definition) is 1. The van der Waals surface area contributed by atoms with E-state index in [2.05, 4.69) is 0 Å². The third-order valence-electron chi connectivity index (χ3n) is 5.23. The van der Waals surface area contributed by atoms with Crippen LogP contribution in [0.5, 0.6) is 0 Å². The van der Waals surface area contributed by atoms with Crippen LogP contribution in [0, 0.1) is 0 Å². The number of fused-ring (bicyclic) bond motifs is 1. The van der Waals surface area contributed by atoms with Crippen molar-refractivity contribution >= 4 is 6.03 Å². The molecule has 0 radical (unpaired) electrons. The fourth-order valence-corrected chi connectivity index (χ4v) is 3.41. The summed E-state index contributed by atoms with van der Waals surface area (Å²) in [7, 11) is 0. The van der Waals surface area contributed by atoms with Crippen LogP contribution < -0.4 is 5.32 Å². The number of benzene rings is 2.